The van der Waals surface area contributed by atoms with Crippen LogP contribution in [0.4, 0.5) is 0 Å². The van der Waals surface area contributed by atoms with Crippen LogP contribution in [0.5, 0.6) is 0 Å². The summed E-state index contributed by atoms with van der Waals surface area (Å²) in [6.07, 6.45) is 0. The van der Waals surface area contributed by atoms with Crippen molar-refractivity contribution >= 4 is 38.9 Å². The maximum Gasteiger partial charge on any atom is 0.273 e. The first kappa shape index (κ1) is 16.0. The molecule has 0 aliphatic rings. The largest absolute Gasteiger partial charge is 0.273 e. The van der Waals surface area contributed by atoms with Crippen LogP contribution < -0.4 is 4.72 Å². The third-order valence-electron chi connectivity index (χ3n) is 2.80. The molecule has 2 rings (SSSR count). The van der Waals surface area contributed by atoms with Crippen LogP contribution in [0.15, 0.2) is 16.3 Å². The van der Waals surface area contributed by atoms with Gasteiger partial charge in [0.25, 0.3) is 15.9 Å². The Morgan fingerprint density at radius 3 is 2.57 bits per heavy atom. The molecule has 1 amide bonds. The number of sulfonamides is 1. The van der Waals surface area contributed by atoms with Gasteiger partial charge in [0.05, 0.1) is 5.69 Å². The Morgan fingerprint density at radius 1 is 1.43 bits per heavy atom. The number of amides is 1. The molecule has 6 nitrogen and oxygen atoms in total. The molecular weight excluding hydrogens is 334 g/mol. The molecule has 1 N–H and O–H groups in total. The molecule has 0 bridgehead atoms. The number of hydrogen-bond donors (Lipinski definition) is 1. The van der Waals surface area contributed by atoms with Crippen LogP contribution in [-0.2, 0) is 16.6 Å². The van der Waals surface area contributed by atoms with Gasteiger partial charge < -0.3 is 0 Å². The predicted molar refractivity (Wildman–Crippen MR) is 81.4 cm³/mol. The number of nitrogens with zero attached hydrogens (tertiary/aromatic N) is 2. The fraction of sp³-hybridized carbons (Fsp3) is 0.333. The van der Waals surface area contributed by atoms with E-state index in [0.717, 1.165) is 16.2 Å². The lowest BCUT2D eigenvalue weighted by molar-refractivity contribution is 0.0981. The van der Waals surface area contributed by atoms with Crippen LogP contribution in [-0.4, -0.2) is 24.1 Å². The summed E-state index contributed by atoms with van der Waals surface area (Å²) in [5, 5.41) is 4.22. The lowest BCUT2D eigenvalue weighted by Gasteiger charge is -2.05. The second-order valence-corrected chi connectivity index (χ2v) is 7.92. The van der Waals surface area contributed by atoms with Crippen molar-refractivity contribution in [1.82, 2.24) is 14.5 Å². The predicted octanol–water partition coefficient (Wildman–Crippen LogP) is 2.35. The summed E-state index contributed by atoms with van der Waals surface area (Å²) < 4.78 is 27.8. The third kappa shape index (κ3) is 3.12. The lowest BCUT2D eigenvalue weighted by atomic mass is 10.2. The molecule has 0 unspecified atom stereocenters. The van der Waals surface area contributed by atoms with Crippen molar-refractivity contribution in [2.75, 3.05) is 0 Å². The highest BCUT2D eigenvalue weighted by Gasteiger charge is 2.25. The molecule has 2 heterocycles. The Balaban J connectivity index is 2.32. The van der Waals surface area contributed by atoms with E-state index in [-0.39, 0.29) is 14.9 Å². The number of aryl methyl sites for hydroxylation is 3. The number of thiophene rings is 1. The topological polar surface area (TPSA) is 81.1 Å². The summed E-state index contributed by atoms with van der Waals surface area (Å²) in [4.78, 5) is 13.0. The second kappa shape index (κ2) is 5.78. The minimum absolute atomic E-state index is 0.0790. The van der Waals surface area contributed by atoms with Crippen molar-refractivity contribution in [2.24, 2.45) is 0 Å². The Labute approximate surface area is 131 Å². The highest BCUT2D eigenvalue weighted by Crippen LogP contribution is 2.23. The van der Waals surface area contributed by atoms with Crippen molar-refractivity contribution in [3.8, 4) is 0 Å². The summed E-state index contributed by atoms with van der Waals surface area (Å²) in [6.45, 7) is 5.71. The van der Waals surface area contributed by atoms with E-state index >= 15 is 0 Å². The van der Waals surface area contributed by atoms with Gasteiger partial charge in [0, 0.05) is 11.4 Å². The van der Waals surface area contributed by atoms with Crippen molar-refractivity contribution in [1.29, 1.82) is 0 Å². The zero-order valence-corrected chi connectivity index (χ0v) is 14.1. The minimum Gasteiger partial charge on any atom is -0.268 e. The molecule has 114 valence electrons. The zero-order chi connectivity index (χ0) is 15.8. The van der Waals surface area contributed by atoms with Gasteiger partial charge in [-0.05, 0) is 32.9 Å². The van der Waals surface area contributed by atoms with Crippen LogP contribution in [0.3, 0.4) is 0 Å². The van der Waals surface area contributed by atoms with Crippen LogP contribution in [0.1, 0.15) is 27.9 Å². The SMILES string of the molecule is CCn1nc(C)c(C(=O)NS(=O)(=O)c2ccc(C)s2)c1Cl. The van der Waals surface area contributed by atoms with Crippen molar-refractivity contribution in [3.05, 3.63) is 33.4 Å². The van der Waals surface area contributed by atoms with Crippen LogP contribution in [0, 0.1) is 13.8 Å². The Morgan fingerprint density at radius 2 is 2.10 bits per heavy atom. The summed E-state index contributed by atoms with van der Waals surface area (Å²) in [7, 11) is -3.89. The summed E-state index contributed by atoms with van der Waals surface area (Å²) in [6, 6.07) is 3.14. The minimum atomic E-state index is -3.89. The lowest BCUT2D eigenvalue weighted by Crippen LogP contribution is -2.30. The molecule has 0 aromatic carbocycles. The number of carbonyl (C=O) groups is 1. The Bertz CT molecular complexity index is 793. The normalized spacial score (nSPS) is 11.6. The number of carbonyl (C=O) groups excluding carboxylic acids is 1. The Kier molecular flexibility index (Phi) is 4.40. The van der Waals surface area contributed by atoms with E-state index in [0.29, 0.717) is 12.2 Å². The quantitative estimate of drug-likeness (QED) is 0.920. The van der Waals surface area contributed by atoms with E-state index in [9.17, 15) is 13.2 Å². The van der Waals surface area contributed by atoms with Gasteiger partial charge in [0.2, 0.25) is 0 Å². The summed E-state index contributed by atoms with van der Waals surface area (Å²) >= 11 is 7.14. The summed E-state index contributed by atoms with van der Waals surface area (Å²) in [5.41, 5.74) is 0.465. The van der Waals surface area contributed by atoms with Gasteiger partial charge in [-0.3, -0.25) is 9.48 Å². The smallest absolute Gasteiger partial charge is 0.268 e. The van der Waals surface area contributed by atoms with Crippen molar-refractivity contribution in [3.63, 3.8) is 0 Å². The highest BCUT2D eigenvalue weighted by molar-refractivity contribution is 7.92. The van der Waals surface area contributed by atoms with Gasteiger partial charge in [-0.25, -0.2) is 13.1 Å². The molecule has 21 heavy (non-hydrogen) atoms. The van der Waals surface area contributed by atoms with Crippen LogP contribution in [0.25, 0.3) is 0 Å². The van der Waals surface area contributed by atoms with E-state index in [1.54, 1.807) is 19.9 Å². The van der Waals surface area contributed by atoms with E-state index in [4.69, 9.17) is 11.6 Å². The van der Waals surface area contributed by atoms with Gasteiger partial charge in [-0.1, -0.05) is 11.6 Å². The van der Waals surface area contributed by atoms with Crippen LogP contribution >= 0.6 is 22.9 Å². The average molecular weight is 348 g/mol. The summed E-state index contributed by atoms with van der Waals surface area (Å²) in [5.74, 6) is -0.775. The monoisotopic (exact) mass is 347 g/mol. The molecule has 2 aromatic rings. The molecule has 0 saturated heterocycles. The molecule has 0 saturated carbocycles. The maximum absolute atomic E-state index is 12.2. The van der Waals surface area contributed by atoms with E-state index in [1.807, 2.05) is 11.6 Å². The second-order valence-electron chi connectivity index (χ2n) is 4.37. The molecule has 0 aliphatic carbocycles. The number of hydrogen-bond acceptors (Lipinski definition) is 5. The van der Waals surface area contributed by atoms with E-state index in [2.05, 4.69) is 5.10 Å². The van der Waals surface area contributed by atoms with Gasteiger partial charge in [0.15, 0.2) is 0 Å². The third-order valence-corrected chi connectivity index (χ3v) is 6.01. The zero-order valence-electron chi connectivity index (χ0n) is 11.7. The van der Waals surface area contributed by atoms with Gasteiger partial charge in [-0.2, -0.15) is 5.10 Å². The maximum atomic E-state index is 12.2. The van der Waals surface area contributed by atoms with E-state index in [1.165, 1.54) is 10.7 Å². The van der Waals surface area contributed by atoms with Crippen LogP contribution in [0.2, 0.25) is 5.15 Å². The first-order valence-corrected chi connectivity index (χ1v) is 8.80. The fourth-order valence-corrected chi connectivity index (χ4v) is 4.42. The van der Waals surface area contributed by atoms with Gasteiger partial charge in [-0.15, -0.1) is 11.3 Å². The van der Waals surface area contributed by atoms with Crippen molar-refractivity contribution < 1.29 is 13.2 Å². The first-order chi connectivity index (χ1) is 9.76. The number of aromatic nitrogens is 2. The highest BCUT2D eigenvalue weighted by atomic mass is 35.5. The molecule has 2 aromatic heterocycles. The van der Waals surface area contributed by atoms with Crippen molar-refractivity contribution in [2.45, 2.75) is 31.5 Å². The first-order valence-electron chi connectivity index (χ1n) is 6.12. The van der Waals surface area contributed by atoms with Gasteiger partial charge in [0.1, 0.15) is 14.9 Å². The average Bonchev–Trinajstić information content (AvgIpc) is 2.93. The molecule has 0 aliphatic heterocycles. The number of rotatable bonds is 4. The number of nitrogens with one attached hydrogen (secondary N) is 1. The van der Waals surface area contributed by atoms with E-state index < -0.39 is 15.9 Å². The fourth-order valence-electron chi connectivity index (χ4n) is 1.80. The number of halogens is 1. The molecule has 0 atom stereocenters. The molecular formula is C12H14ClN3O3S2. The Hall–Kier alpha value is -1.38. The molecule has 0 spiro atoms. The van der Waals surface area contributed by atoms with Gasteiger partial charge >= 0.3 is 0 Å². The standard InChI is InChI=1S/C12H14ClN3O3S2/c1-4-16-11(13)10(8(3)14-16)12(17)15-21(18,19)9-6-5-7(2)20-9/h5-6H,4H2,1-3H3,(H,15,17). The molecule has 0 fully saturated rings. The molecule has 0 radical (unpaired) electrons. The molecule has 9 heteroatoms.